The summed E-state index contributed by atoms with van der Waals surface area (Å²) in [4.78, 5) is 26.7. The van der Waals surface area contributed by atoms with Crippen LogP contribution in [0.1, 0.15) is 0 Å². The number of nitrogens with one attached hydrogen (secondary N) is 2. The average Bonchev–Trinajstić information content (AvgIpc) is 2.06. The molecule has 4 nitrogen and oxygen atoms in total. The normalized spacial score (nSPS) is 9.79. The van der Waals surface area contributed by atoms with E-state index in [0.29, 0.717) is 15.9 Å². The van der Waals surface area contributed by atoms with Crippen molar-refractivity contribution >= 4 is 73.9 Å². The Kier molecular flexibility index (Phi) is 4.11. The summed E-state index contributed by atoms with van der Waals surface area (Å²) in [5.74, 6) is 0. The van der Waals surface area contributed by atoms with Crippen molar-refractivity contribution in [2.24, 2.45) is 0 Å². The third-order valence-electron chi connectivity index (χ3n) is 1.70. The van der Waals surface area contributed by atoms with E-state index in [4.69, 9.17) is 11.6 Å². The van der Waals surface area contributed by atoms with E-state index in [2.05, 4.69) is 9.97 Å². The molecule has 2 aromatic rings. The van der Waals surface area contributed by atoms with E-state index in [1.54, 1.807) is 12.1 Å². The second-order valence-corrected chi connectivity index (χ2v) is 3.03. The van der Waals surface area contributed by atoms with E-state index in [0.717, 1.165) is 0 Å². The molecule has 0 aliphatic rings. The van der Waals surface area contributed by atoms with Crippen LogP contribution in [0.4, 0.5) is 0 Å². The number of aromatic amines is 2. The van der Waals surface area contributed by atoms with Gasteiger partial charge in [0.2, 0.25) is 0 Å². The van der Waals surface area contributed by atoms with Crippen LogP contribution in [0.5, 0.6) is 0 Å². The van der Waals surface area contributed by atoms with Crippen molar-refractivity contribution in [1.82, 2.24) is 9.97 Å². The number of hydrogen-bond donors (Lipinski definition) is 2. The first kappa shape index (κ1) is 12.2. The maximum atomic E-state index is 11.2. The quantitative estimate of drug-likeness (QED) is 0.643. The Balaban J connectivity index is 0.000000980. The molecule has 0 saturated carbocycles. The van der Waals surface area contributed by atoms with Crippen LogP contribution in [0.3, 0.4) is 0 Å². The van der Waals surface area contributed by atoms with Crippen molar-refractivity contribution in [2.75, 3.05) is 0 Å². The molecule has 0 radical (unpaired) electrons. The molecule has 1 heterocycles. The minimum atomic E-state index is -0.514. The first-order valence-electron chi connectivity index (χ1n) is 3.59. The van der Waals surface area contributed by atoms with E-state index in [9.17, 15) is 9.59 Å². The van der Waals surface area contributed by atoms with Gasteiger partial charge in [0.05, 0.1) is 10.9 Å². The van der Waals surface area contributed by atoms with Gasteiger partial charge in [0, 0.05) is 5.02 Å². The van der Waals surface area contributed by atoms with Gasteiger partial charge in [0.1, 0.15) is 0 Å². The van der Waals surface area contributed by atoms with Crippen LogP contribution in [-0.4, -0.2) is 61.4 Å². The van der Waals surface area contributed by atoms with E-state index >= 15 is 0 Å². The van der Waals surface area contributed by atoms with Crippen molar-refractivity contribution in [3.63, 3.8) is 0 Å². The molecule has 0 bridgehead atoms. The van der Waals surface area contributed by atoms with E-state index < -0.39 is 11.2 Å². The summed E-state index contributed by atoms with van der Waals surface area (Å²) in [7, 11) is 0. The van der Waals surface area contributed by atoms with Gasteiger partial charge in [0.15, 0.2) is 0 Å². The molecule has 0 saturated heterocycles. The van der Waals surface area contributed by atoms with Crippen LogP contribution >= 0.6 is 11.6 Å². The fourth-order valence-corrected chi connectivity index (χ4v) is 1.31. The first-order chi connectivity index (χ1) is 6.16. The number of benzene rings is 1. The molecule has 0 atom stereocenters. The predicted molar refractivity (Wildman–Crippen MR) is 57.3 cm³/mol. The maximum absolute atomic E-state index is 11.2. The summed E-state index contributed by atoms with van der Waals surface area (Å²) in [6.45, 7) is 0. The SMILES string of the molecule is O=c1[nH]c(=O)c2cc(Cl)ccc2[nH]1.[KH]. The molecular weight excluding hydrogens is 231 g/mol. The Hall–Kier alpha value is 0.0864. The Morgan fingerprint density at radius 2 is 1.86 bits per heavy atom. The summed E-state index contributed by atoms with van der Waals surface area (Å²) >= 11 is 5.69. The molecule has 14 heavy (non-hydrogen) atoms. The van der Waals surface area contributed by atoms with E-state index in [1.165, 1.54) is 6.07 Å². The Labute approximate surface area is 126 Å². The van der Waals surface area contributed by atoms with Gasteiger partial charge < -0.3 is 4.98 Å². The Morgan fingerprint density at radius 3 is 2.57 bits per heavy atom. The van der Waals surface area contributed by atoms with Crippen LogP contribution in [0.2, 0.25) is 5.02 Å². The van der Waals surface area contributed by atoms with Crippen LogP contribution in [0.25, 0.3) is 10.9 Å². The molecule has 0 aliphatic carbocycles. The third-order valence-corrected chi connectivity index (χ3v) is 1.94. The molecule has 1 aromatic carbocycles. The summed E-state index contributed by atoms with van der Waals surface area (Å²) in [5.41, 5.74) is -0.459. The van der Waals surface area contributed by atoms with Crippen LogP contribution < -0.4 is 11.2 Å². The fraction of sp³-hybridized carbons (Fsp3) is 0. The molecule has 2 rings (SSSR count). The Morgan fingerprint density at radius 1 is 1.14 bits per heavy atom. The van der Waals surface area contributed by atoms with Gasteiger partial charge in [-0.15, -0.1) is 0 Å². The molecule has 2 N–H and O–H groups in total. The van der Waals surface area contributed by atoms with Gasteiger partial charge in [-0.1, -0.05) is 11.6 Å². The van der Waals surface area contributed by atoms with Crippen molar-refractivity contribution in [3.05, 3.63) is 44.1 Å². The number of rotatable bonds is 0. The number of H-pyrrole nitrogens is 2. The topological polar surface area (TPSA) is 65.7 Å². The molecule has 0 fully saturated rings. The number of aromatic nitrogens is 2. The Bertz CT molecular complexity index is 575. The van der Waals surface area contributed by atoms with Crippen molar-refractivity contribution < 1.29 is 0 Å². The second-order valence-electron chi connectivity index (χ2n) is 2.60. The van der Waals surface area contributed by atoms with Gasteiger partial charge in [-0.05, 0) is 18.2 Å². The molecular formula is C8H6ClKN2O2. The fourth-order valence-electron chi connectivity index (χ4n) is 1.14. The van der Waals surface area contributed by atoms with Crippen molar-refractivity contribution in [1.29, 1.82) is 0 Å². The van der Waals surface area contributed by atoms with Crippen LogP contribution in [0.15, 0.2) is 27.8 Å². The molecule has 0 unspecified atom stereocenters. The van der Waals surface area contributed by atoms with Gasteiger partial charge in [-0.25, -0.2) is 4.79 Å². The van der Waals surface area contributed by atoms with Gasteiger partial charge in [0.25, 0.3) is 5.56 Å². The minimum absolute atomic E-state index is 0. The van der Waals surface area contributed by atoms with Gasteiger partial charge in [-0.3, -0.25) is 9.78 Å². The van der Waals surface area contributed by atoms with Crippen molar-refractivity contribution in [2.45, 2.75) is 0 Å². The molecule has 68 valence electrons. The number of halogens is 1. The molecule has 0 aliphatic heterocycles. The third kappa shape index (κ3) is 2.36. The van der Waals surface area contributed by atoms with Gasteiger partial charge in [-0.2, -0.15) is 0 Å². The summed E-state index contributed by atoms with van der Waals surface area (Å²) in [6, 6.07) is 4.71. The number of hydrogen-bond acceptors (Lipinski definition) is 2. The summed E-state index contributed by atoms with van der Waals surface area (Å²) in [5, 5.41) is 0.845. The summed E-state index contributed by atoms with van der Waals surface area (Å²) in [6.07, 6.45) is 0. The molecule has 6 heteroatoms. The van der Waals surface area contributed by atoms with Crippen LogP contribution in [-0.2, 0) is 0 Å². The second kappa shape index (κ2) is 4.74. The predicted octanol–water partition coefficient (Wildman–Crippen LogP) is 0.221. The standard InChI is InChI=1S/C8H5ClN2O2.K.H/c9-4-1-2-6-5(3-4)7(12)11-8(13)10-6;;/h1-3H,(H2,10,11,12,13);;. The van der Waals surface area contributed by atoms with E-state index in [-0.39, 0.29) is 51.4 Å². The average molecular weight is 237 g/mol. The van der Waals surface area contributed by atoms with Crippen LogP contribution in [0, 0.1) is 0 Å². The molecule has 0 spiro atoms. The zero-order valence-corrected chi connectivity index (χ0v) is 7.18. The first-order valence-corrected chi connectivity index (χ1v) is 3.96. The number of fused-ring (bicyclic) bond motifs is 1. The molecule has 1 aromatic heterocycles. The zero-order valence-electron chi connectivity index (χ0n) is 6.43. The summed E-state index contributed by atoms with van der Waals surface area (Å²) < 4.78 is 0. The van der Waals surface area contributed by atoms with Gasteiger partial charge >= 0.3 is 57.1 Å². The monoisotopic (exact) mass is 236 g/mol. The molecule has 0 amide bonds. The van der Waals surface area contributed by atoms with E-state index in [1.807, 2.05) is 0 Å². The van der Waals surface area contributed by atoms with Crippen molar-refractivity contribution in [3.8, 4) is 0 Å². The zero-order chi connectivity index (χ0) is 9.42.